The summed E-state index contributed by atoms with van der Waals surface area (Å²) < 4.78 is 34.0. The van der Waals surface area contributed by atoms with Crippen LogP contribution in [0.5, 0.6) is 5.75 Å². The van der Waals surface area contributed by atoms with E-state index in [9.17, 15) is 13.2 Å². The first-order valence-corrected chi connectivity index (χ1v) is 12.4. The second-order valence-corrected chi connectivity index (χ2v) is 9.89. The number of hydrogen-bond donors (Lipinski definition) is 0. The Labute approximate surface area is 203 Å². The molecule has 0 saturated carbocycles. The number of anilines is 1. The minimum Gasteiger partial charge on any atom is -0.497 e. The maximum atomic E-state index is 14.3. The van der Waals surface area contributed by atoms with Gasteiger partial charge in [0.1, 0.15) is 5.75 Å². The summed E-state index contributed by atoms with van der Waals surface area (Å²) in [6.45, 7) is 1.87. The van der Waals surface area contributed by atoms with Crippen LogP contribution in [0, 0.1) is 6.92 Å². The summed E-state index contributed by atoms with van der Waals surface area (Å²) in [5.74, 6) is -0.112. The van der Waals surface area contributed by atoms with E-state index in [2.05, 4.69) is 4.98 Å². The van der Waals surface area contributed by atoms with Gasteiger partial charge in [-0.15, -0.1) is 0 Å². The molecule has 0 saturated heterocycles. The third-order valence-corrected chi connectivity index (χ3v) is 7.58. The molecule has 0 radical (unpaired) electrons. The van der Waals surface area contributed by atoms with Crippen LogP contribution in [0.15, 0.2) is 102 Å². The Morgan fingerprint density at radius 2 is 1.31 bits per heavy atom. The lowest BCUT2D eigenvalue weighted by Gasteiger charge is -2.24. The molecule has 0 fully saturated rings. The van der Waals surface area contributed by atoms with Crippen molar-refractivity contribution in [2.45, 2.75) is 11.8 Å². The molecule has 5 rings (SSSR count). The minimum absolute atomic E-state index is 0.0231. The summed E-state index contributed by atoms with van der Waals surface area (Å²) in [6, 6.07) is 27.3. The molecule has 0 spiro atoms. The van der Waals surface area contributed by atoms with Crippen molar-refractivity contribution >= 4 is 43.4 Å². The van der Waals surface area contributed by atoms with Crippen LogP contribution in [0.2, 0.25) is 0 Å². The molecule has 0 aliphatic heterocycles. The van der Waals surface area contributed by atoms with Crippen LogP contribution in [-0.4, -0.2) is 26.4 Å². The normalized spacial score (nSPS) is 11.5. The van der Waals surface area contributed by atoms with Crippen molar-refractivity contribution in [3.63, 3.8) is 0 Å². The van der Waals surface area contributed by atoms with Crippen LogP contribution in [-0.2, 0) is 10.0 Å². The number of pyridine rings is 1. The fourth-order valence-corrected chi connectivity index (χ4v) is 5.47. The first-order valence-electron chi connectivity index (χ1n) is 11.0. The molecule has 7 heteroatoms. The van der Waals surface area contributed by atoms with Crippen molar-refractivity contribution in [3.05, 3.63) is 108 Å². The summed E-state index contributed by atoms with van der Waals surface area (Å²) >= 11 is 0. The van der Waals surface area contributed by atoms with Gasteiger partial charge >= 0.3 is 0 Å². The molecule has 0 unspecified atom stereocenters. The van der Waals surface area contributed by atoms with Crippen LogP contribution in [0.4, 0.5) is 5.69 Å². The molecule has 0 aliphatic carbocycles. The van der Waals surface area contributed by atoms with Gasteiger partial charge in [0, 0.05) is 10.8 Å². The Hall–Kier alpha value is -4.23. The Bertz CT molecular complexity index is 1610. The molecule has 6 nitrogen and oxygen atoms in total. The van der Waals surface area contributed by atoms with E-state index in [1.807, 2.05) is 43.3 Å². The van der Waals surface area contributed by atoms with E-state index in [4.69, 9.17) is 4.74 Å². The first kappa shape index (κ1) is 22.6. The van der Waals surface area contributed by atoms with E-state index in [0.717, 1.165) is 9.87 Å². The number of benzene rings is 4. The number of carbonyl (C=O) groups excluding carboxylic acids is 1. The largest absolute Gasteiger partial charge is 0.497 e. The van der Waals surface area contributed by atoms with E-state index in [1.54, 1.807) is 48.5 Å². The second kappa shape index (κ2) is 8.85. The zero-order valence-corrected chi connectivity index (χ0v) is 20.0. The molecular weight excluding hydrogens is 460 g/mol. The quantitative estimate of drug-likeness (QED) is 0.299. The van der Waals surface area contributed by atoms with E-state index >= 15 is 0 Å². The van der Waals surface area contributed by atoms with E-state index < -0.39 is 15.9 Å². The topological polar surface area (TPSA) is 76.6 Å². The molecule has 35 heavy (non-hydrogen) atoms. The molecular formula is C28H22N2O4S. The molecule has 4 aromatic carbocycles. The standard InChI is InChI=1S/C28H22N2O4S/c1-19-11-17-22(18-12-19)35(32,33)30(20-13-15-21(34-2)16-14-20)28(31)27-23-7-3-5-9-25(23)29-26-10-6-4-8-24(26)27/h3-18H,1-2H3. The monoisotopic (exact) mass is 482 g/mol. The van der Waals surface area contributed by atoms with Gasteiger partial charge in [-0.2, -0.15) is 4.31 Å². The number of nitrogens with zero attached hydrogens (tertiary/aromatic N) is 2. The van der Waals surface area contributed by atoms with Gasteiger partial charge in [-0.25, -0.2) is 13.4 Å². The van der Waals surface area contributed by atoms with Crippen LogP contribution >= 0.6 is 0 Å². The lowest BCUT2D eigenvalue weighted by molar-refractivity contribution is 0.101. The summed E-state index contributed by atoms with van der Waals surface area (Å²) in [7, 11) is -2.73. The van der Waals surface area contributed by atoms with Crippen LogP contribution in [0.1, 0.15) is 15.9 Å². The average molecular weight is 483 g/mol. The van der Waals surface area contributed by atoms with Crippen LogP contribution in [0.3, 0.4) is 0 Å². The number of methoxy groups -OCH3 is 1. The minimum atomic E-state index is -4.25. The summed E-state index contributed by atoms with van der Waals surface area (Å²) in [4.78, 5) is 19.0. The third kappa shape index (κ3) is 4.00. The van der Waals surface area contributed by atoms with Crippen molar-refractivity contribution in [1.82, 2.24) is 4.98 Å². The van der Waals surface area contributed by atoms with E-state index in [1.165, 1.54) is 19.2 Å². The van der Waals surface area contributed by atoms with Crippen molar-refractivity contribution in [3.8, 4) is 5.75 Å². The molecule has 0 bridgehead atoms. The Kier molecular flexibility index (Phi) is 5.70. The zero-order chi connectivity index (χ0) is 24.6. The molecule has 1 aromatic heterocycles. The van der Waals surface area contributed by atoms with Gasteiger partial charge in [0.05, 0.1) is 34.3 Å². The molecule has 1 heterocycles. The molecule has 0 atom stereocenters. The van der Waals surface area contributed by atoms with Gasteiger partial charge in [0.15, 0.2) is 0 Å². The highest BCUT2D eigenvalue weighted by Gasteiger charge is 2.34. The smallest absolute Gasteiger partial charge is 0.273 e. The number of rotatable bonds is 5. The third-order valence-electron chi connectivity index (χ3n) is 5.85. The summed E-state index contributed by atoms with van der Waals surface area (Å²) in [6.07, 6.45) is 0. The number of hydrogen-bond acceptors (Lipinski definition) is 5. The predicted molar refractivity (Wildman–Crippen MR) is 137 cm³/mol. The fraction of sp³-hybridized carbons (Fsp3) is 0.0714. The molecule has 174 valence electrons. The van der Waals surface area contributed by atoms with Gasteiger partial charge in [0.25, 0.3) is 15.9 Å². The van der Waals surface area contributed by atoms with Gasteiger partial charge < -0.3 is 4.74 Å². The van der Waals surface area contributed by atoms with Crippen molar-refractivity contribution < 1.29 is 17.9 Å². The van der Waals surface area contributed by atoms with Crippen molar-refractivity contribution in [2.24, 2.45) is 0 Å². The number of fused-ring (bicyclic) bond motifs is 2. The number of carbonyl (C=O) groups is 1. The Morgan fingerprint density at radius 1 is 0.771 bits per heavy atom. The van der Waals surface area contributed by atoms with Gasteiger partial charge in [-0.05, 0) is 55.5 Å². The number of aromatic nitrogens is 1. The lowest BCUT2D eigenvalue weighted by Crippen LogP contribution is -2.37. The summed E-state index contributed by atoms with van der Waals surface area (Å²) in [5, 5.41) is 1.16. The molecule has 0 aliphatic rings. The van der Waals surface area contributed by atoms with E-state index in [0.29, 0.717) is 27.6 Å². The van der Waals surface area contributed by atoms with Gasteiger partial charge in [-0.1, -0.05) is 54.1 Å². The fourth-order valence-electron chi connectivity index (χ4n) is 4.07. The maximum absolute atomic E-state index is 14.3. The highest BCUT2D eigenvalue weighted by molar-refractivity contribution is 7.93. The number of aryl methyl sites for hydroxylation is 1. The van der Waals surface area contributed by atoms with Gasteiger partial charge in [-0.3, -0.25) is 4.79 Å². The molecule has 5 aromatic rings. The first-order chi connectivity index (χ1) is 16.9. The Morgan fingerprint density at radius 3 is 1.86 bits per heavy atom. The SMILES string of the molecule is COc1ccc(N(C(=O)c2c3ccccc3nc3ccccc23)S(=O)(=O)c2ccc(C)cc2)cc1. The highest BCUT2D eigenvalue weighted by Crippen LogP contribution is 2.33. The number of amides is 1. The number of ether oxygens (including phenoxy) is 1. The van der Waals surface area contributed by atoms with Gasteiger partial charge in [0.2, 0.25) is 0 Å². The van der Waals surface area contributed by atoms with Crippen LogP contribution in [0.25, 0.3) is 21.8 Å². The average Bonchev–Trinajstić information content (AvgIpc) is 2.87. The lowest BCUT2D eigenvalue weighted by atomic mass is 10.0. The molecule has 1 amide bonds. The highest BCUT2D eigenvalue weighted by atomic mass is 32.2. The Balaban J connectivity index is 1.79. The second-order valence-electron chi connectivity index (χ2n) is 8.11. The predicted octanol–water partition coefficient (Wildman–Crippen LogP) is 5.74. The molecule has 0 N–H and O–H groups in total. The van der Waals surface area contributed by atoms with Crippen molar-refractivity contribution in [1.29, 1.82) is 0 Å². The number of para-hydroxylation sites is 2. The summed E-state index contributed by atoms with van der Waals surface area (Å²) in [5.41, 5.74) is 2.62. The maximum Gasteiger partial charge on any atom is 0.273 e. The van der Waals surface area contributed by atoms with Crippen molar-refractivity contribution in [2.75, 3.05) is 11.4 Å². The zero-order valence-electron chi connectivity index (χ0n) is 19.2. The van der Waals surface area contributed by atoms with E-state index in [-0.39, 0.29) is 16.1 Å². The van der Waals surface area contributed by atoms with Crippen LogP contribution < -0.4 is 9.04 Å². The number of sulfonamides is 1.